The lowest BCUT2D eigenvalue weighted by Gasteiger charge is -2.26. The van der Waals surface area contributed by atoms with E-state index in [4.69, 9.17) is 14.2 Å². The second-order valence-corrected chi connectivity index (χ2v) is 4.97. The van der Waals surface area contributed by atoms with Crippen molar-refractivity contribution >= 4 is 11.9 Å². The molecule has 0 aliphatic rings. The third kappa shape index (κ3) is 4.46. The van der Waals surface area contributed by atoms with Crippen molar-refractivity contribution in [2.45, 2.75) is 25.8 Å². The van der Waals surface area contributed by atoms with Gasteiger partial charge in [-0.1, -0.05) is 19.1 Å². The molecule has 1 amide bonds. The summed E-state index contributed by atoms with van der Waals surface area (Å²) in [6.45, 7) is 4.19. The molecule has 1 aromatic carbocycles. The van der Waals surface area contributed by atoms with Crippen LogP contribution < -0.4 is 10.1 Å². The highest BCUT2D eigenvalue weighted by Gasteiger charge is 2.34. The average Bonchev–Trinajstić information content (AvgIpc) is 2.54. The number of esters is 1. The van der Waals surface area contributed by atoms with E-state index in [9.17, 15) is 9.59 Å². The summed E-state index contributed by atoms with van der Waals surface area (Å²) in [5.41, 5.74) is -0.715. The highest BCUT2D eigenvalue weighted by Crippen LogP contribution is 2.20. The molecule has 0 saturated heterocycles. The molecule has 1 N–H and O–H groups in total. The molecule has 6 nitrogen and oxygen atoms in total. The maximum atomic E-state index is 12.5. The van der Waals surface area contributed by atoms with Crippen LogP contribution in [0, 0.1) is 0 Å². The van der Waals surface area contributed by atoms with E-state index in [1.54, 1.807) is 45.2 Å². The molecule has 6 heteroatoms. The van der Waals surface area contributed by atoms with Crippen molar-refractivity contribution in [1.29, 1.82) is 0 Å². The molecule has 1 atom stereocenters. The predicted octanol–water partition coefficient (Wildman–Crippen LogP) is 1.78. The van der Waals surface area contributed by atoms with Crippen LogP contribution in [-0.4, -0.2) is 44.8 Å². The van der Waals surface area contributed by atoms with Gasteiger partial charge in [0.25, 0.3) is 5.91 Å². The topological polar surface area (TPSA) is 73.9 Å². The number of carbonyl (C=O) groups is 2. The van der Waals surface area contributed by atoms with Crippen LogP contribution in [0.15, 0.2) is 24.3 Å². The van der Waals surface area contributed by atoms with Crippen molar-refractivity contribution in [1.82, 2.24) is 5.32 Å². The quantitative estimate of drug-likeness (QED) is 0.585. The molecule has 22 heavy (non-hydrogen) atoms. The second-order valence-electron chi connectivity index (χ2n) is 4.97. The Morgan fingerprint density at radius 3 is 2.45 bits per heavy atom. The lowest BCUT2D eigenvalue weighted by atomic mass is 9.98. The lowest BCUT2D eigenvalue weighted by molar-refractivity contribution is -0.147. The summed E-state index contributed by atoms with van der Waals surface area (Å²) in [6.07, 6.45) is 0.415. The number of amides is 1. The Balaban J connectivity index is 2.91. The summed E-state index contributed by atoms with van der Waals surface area (Å²) >= 11 is 0. The van der Waals surface area contributed by atoms with Crippen LogP contribution in [0.3, 0.4) is 0 Å². The first-order valence-electron chi connectivity index (χ1n) is 7.10. The minimum atomic E-state index is -1.08. The molecule has 122 valence electrons. The van der Waals surface area contributed by atoms with Gasteiger partial charge in [0.15, 0.2) is 0 Å². The van der Waals surface area contributed by atoms with E-state index in [1.165, 1.54) is 7.11 Å². The van der Waals surface area contributed by atoms with Gasteiger partial charge in [0.2, 0.25) is 0 Å². The van der Waals surface area contributed by atoms with E-state index >= 15 is 0 Å². The van der Waals surface area contributed by atoms with Gasteiger partial charge in [0.1, 0.15) is 17.9 Å². The van der Waals surface area contributed by atoms with Gasteiger partial charge in [0, 0.05) is 7.11 Å². The zero-order valence-electron chi connectivity index (χ0n) is 13.5. The fraction of sp³-hybridized carbons (Fsp3) is 0.500. The average molecular weight is 309 g/mol. The van der Waals surface area contributed by atoms with Crippen molar-refractivity contribution in [2.75, 3.05) is 27.4 Å². The van der Waals surface area contributed by atoms with E-state index in [2.05, 4.69) is 5.32 Å². The first kappa shape index (κ1) is 18.0. The van der Waals surface area contributed by atoms with Gasteiger partial charge in [-0.3, -0.25) is 4.79 Å². The maximum absolute atomic E-state index is 12.5. The molecule has 0 spiro atoms. The van der Waals surface area contributed by atoms with Crippen LogP contribution >= 0.6 is 0 Å². The Bertz CT molecular complexity index is 517. The van der Waals surface area contributed by atoms with Crippen LogP contribution in [0.5, 0.6) is 5.75 Å². The second kappa shape index (κ2) is 8.38. The number of methoxy groups -OCH3 is 2. The molecule has 0 aliphatic carbocycles. The molecule has 1 unspecified atom stereocenters. The van der Waals surface area contributed by atoms with Gasteiger partial charge < -0.3 is 19.5 Å². The molecular formula is C16H23NO5. The highest BCUT2D eigenvalue weighted by atomic mass is 16.5. The Kier molecular flexibility index (Phi) is 6.85. The zero-order valence-corrected chi connectivity index (χ0v) is 13.5. The fourth-order valence-corrected chi connectivity index (χ4v) is 1.84. The van der Waals surface area contributed by atoms with E-state index in [0.29, 0.717) is 30.9 Å². The van der Waals surface area contributed by atoms with Crippen LogP contribution in [0.25, 0.3) is 0 Å². The van der Waals surface area contributed by atoms with Gasteiger partial charge in [0.05, 0.1) is 19.3 Å². The Hall–Kier alpha value is -2.08. The number of nitrogens with one attached hydrogen (secondary N) is 1. The highest BCUT2D eigenvalue weighted by molar-refractivity contribution is 6.00. The number of ether oxygens (including phenoxy) is 3. The predicted molar refractivity (Wildman–Crippen MR) is 82.0 cm³/mol. The van der Waals surface area contributed by atoms with E-state index in [0.717, 1.165) is 0 Å². The van der Waals surface area contributed by atoms with Crippen LogP contribution in [0.2, 0.25) is 0 Å². The zero-order chi connectivity index (χ0) is 16.6. The molecule has 0 fully saturated rings. The van der Waals surface area contributed by atoms with Crippen LogP contribution in [0.1, 0.15) is 30.6 Å². The first-order chi connectivity index (χ1) is 10.5. The van der Waals surface area contributed by atoms with Gasteiger partial charge in [-0.25, -0.2) is 4.79 Å². The van der Waals surface area contributed by atoms with Crippen molar-refractivity contribution in [3.8, 4) is 5.75 Å². The van der Waals surface area contributed by atoms with Gasteiger partial charge in [-0.15, -0.1) is 0 Å². The summed E-state index contributed by atoms with van der Waals surface area (Å²) in [6, 6.07) is 6.86. The van der Waals surface area contributed by atoms with E-state index < -0.39 is 11.5 Å². The molecule has 1 rings (SSSR count). The Morgan fingerprint density at radius 1 is 1.18 bits per heavy atom. The monoisotopic (exact) mass is 309 g/mol. The Labute approximate surface area is 130 Å². The molecule has 0 bridgehead atoms. The smallest absolute Gasteiger partial charge is 0.331 e. The molecule has 0 heterocycles. The summed E-state index contributed by atoms with van der Waals surface area (Å²) in [7, 11) is 2.87. The molecule has 0 aliphatic heterocycles. The maximum Gasteiger partial charge on any atom is 0.331 e. The Morgan fingerprint density at radius 2 is 1.86 bits per heavy atom. The van der Waals surface area contributed by atoms with Gasteiger partial charge in [-0.2, -0.15) is 0 Å². The minimum Gasteiger partial charge on any atom is -0.490 e. The third-order valence-electron chi connectivity index (χ3n) is 3.41. The molecular weight excluding hydrogens is 286 g/mol. The number of benzene rings is 1. The molecule has 1 aromatic rings. The van der Waals surface area contributed by atoms with E-state index in [-0.39, 0.29) is 5.91 Å². The molecule has 0 radical (unpaired) electrons. The van der Waals surface area contributed by atoms with Crippen LogP contribution in [-0.2, 0) is 14.3 Å². The normalized spacial score (nSPS) is 13.1. The number of rotatable bonds is 8. The largest absolute Gasteiger partial charge is 0.490 e. The van der Waals surface area contributed by atoms with Crippen molar-refractivity contribution in [3.05, 3.63) is 29.8 Å². The number of hydrogen-bond acceptors (Lipinski definition) is 5. The summed E-state index contributed by atoms with van der Waals surface area (Å²) in [5.74, 6) is -0.427. The van der Waals surface area contributed by atoms with Gasteiger partial charge in [-0.05, 0) is 25.5 Å². The number of carbonyl (C=O) groups excluding carboxylic acids is 2. The lowest BCUT2D eigenvalue weighted by Crippen LogP contribution is -2.52. The molecule has 0 aromatic heterocycles. The number of hydrogen-bond donors (Lipinski definition) is 1. The van der Waals surface area contributed by atoms with Crippen LogP contribution in [0.4, 0.5) is 0 Å². The number of para-hydroxylation sites is 1. The fourth-order valence-electron chi connectivity index (χ4n) is 1.84. The summed E-state index contributed by atoms with van der Waals surface area (Å²) in [4.78, 5) is 24.3. The molecule has 0 saturated carbocycles. The summed E-state index contributed by atoms with van der Waals surface area (Å²) < 4.78 is 15.2. The SMILES string of the molecule is CCC(C)(NC(=O)c1ccccc1OCCOC)C(=O)OC. The van der Waals surface area contributed by atoms with Crippen molar-refractivity contribution in [2.24, 2.45) is 0 Å². The van der Waals surface area contributed by atoms with Crippen molar-refractivity contribution in [3.63, 3.8) is 0 Å². The van der Waals surface area contributed by atoms with Gasteiger partial charge >= 0.3 is 5.97 Å². The third-order valence-corrected chi connectivity index (χ3v) is 3.41. The minimum absolute atomic E-state index is 0.336. The first-order valence-corrected chi connectivity index (χ1v) is 7.10. The van der Waals surface area contributed by atoms with Crippen molar-refractivity contribution < 1.29 is 23.8 Å². The standard InChI is InChI=1S/C16H23NO5/c1-5-16(2,15(19)21-4)17-14(18)12-8-6-7-9-13(12)22-11-10-20-3/h6-9H,5,10-11H2,1-4H3,(H,17,18). The van der Waals surface area contributed by atoms with E-state index in [1.807, 2.05) is 0 Å². The summed E-state index contributed by atoms with van der Waals surface area (Å²) in [5, 5.41) is 2.72.